The molecule has 1 N–H and O–H groups in total. The third-order valence-corrected chi connectivity index (χ3v) is 3.35. The predicted molar refractivity (Wildman–Crippen MR) is 74.9 cm³/mol. The molecule has 0 aromatic heterocycles. The van der Waals surface area contributed by atoms with Crippen molar-refractivity contribution in [2.24, 2.45) is 0 Å². The maximum atomic E-state index is 13.9. The van der Waals surface area contributed by atoms with Gasteiger partial charge in [0, 0.05) is 0 Å². The Kier molecular flexibility index (Phi) is 4.02. The van der Waals surface area contributed by atoms with Crippen LogP contribution in [0, 0.1) is 31.3 Å². The molecule has 0 saturated heterocycles. The molecule has 0 aliphatic rings. The Balaban J connectivity index is 2.50. The molecule has 1 nitrogen and oxygen atoms in total. The fourth-order valence-corrected chi connectivity index (χ4v) is 2.14. The number of halogens is 3. The van der Waals surface area contributed by atoms with Crippen LogP contribution in [0.5, 0.6) is 0 Å². The predicted octanol–water partition coefficient (Wildman–Crippen LogP) is 5.03. The number of benzene rings is 2. The van der Waals surface area contributed by atoms with Crippen LogP contribution in [0.4, 0.5) is 24.5 Å². The Bertz CT molecular complexity index is 651. The molecular weight excluding hydrogens is 263 g/mol. The monoisotopic (exact) mass is 279 g/mol. The zero-order chi connectivity index (χ0) is 14.9. The van der Waals surface area contributed by atoms with Gasteiger partial charge in [0.1, 0.15) is 5.82 Å². The molecule has 106 valence electrons. The normalized spacial score (nSPS) is 10.7. The molecule has 0 saturated carbocycles. The van der Waals surface area contributed by atoms with Crippen LogP contribution in [-0.2, 0) is 6.42 Å². The third kappa shape index (κ3) is 2.64. The highest BCUT2D eigenvalue weighted by molar-refractivity contribution is 5.66. The van der Waals surface area contributed by atoms with Gasteiger partial charge in [-0.15, -0.1) is 0 Å². The second-order valence-corrected chi connectivity index (χ2v) is 4.79. The fraction of sp³-hybridized carbons (Fsp3) is 0.250. The smallest absolute Gasteiger partial charge is 0.182 e. The average molecular weight is 279 g/mol. The summed E-state index contributed by atoms with van der Waals surface area (Å²) >= 11 is 0. The Labute approximate surface area is 116 Å². The van der Waals surface area contributed by atoms with E-state index in [0.29, 0.717) is 17.5 Å². The zero-order valence-electron chi connectivity index (χ0n) is 11.7. The lowest BCUT2D eigenvalue weighted by atomic mass is 10.0. The van der Waals surface area contributed by atoms with Gasteiger partial charge in [0.2, 0.25) is 0 Å². The van der Waals surface area contributed by atoms with E-state index >= 15 is 0 Å². The molecule has 20 heavy (non-hydrogen) atoms. The minimum atomic E-state index is -0.986. The van der Waals surface area contributed by atoms with Gasteiger partial charge >= 0.3 is 0 Å². The first kappa shape index (κ1) is 14.4. The summed E-state index contributed by atoms with van der Waals surface area (Å²) in [6, 6.07) is 5.75. The van der Waals surface area contributed by atoms with Crippen molar-refractivity contribution < 1.29 is 13.2 Å². The summed E-state index contributed by atoms with van der Waals surface area (Å²) in [5, 5.41) is 2.66. The van der Waals surface area contributed by atoms with Gasteiger partial charge in [-0.25, -0.2) is 13.2 Å². The Morgan fingerprint density at radius 1 is 1.00 bits per heavy atom. The third-order valence-electron chi connectivity index (χ3n) is 3.35. The number of hydrogen-bond donors (Lipinski definition) is 1. The molecule has 0 fully saturated rings. The summed E-state index contributed by atoms with van der Waals surface area (Å²) in [7, 11) is 0. The highest BCUT2D eigenvalue weighted by Gasteiger charge is 2.16. The van der Waals surface area contributed by atoms with E-state index in [-0.39, 0.29) is 11.4 Å². The molecule has 2 rings (SSSR count). The lowest BCUT2D eigenvalue weighted by molar-refractivity contribution is 0.509. The van der Waals surface area contributed by atoms with Gasteiger partial charge in [0.25, 0.3) is 0 Å². The molecule has 0 atom stereocenters. The van der Waals surface area contributed by atoms with Crippen molar-refractivity contribution in [3.05, 3.63) is 58.4 Å². The topological polar surface area (TPSA) is 12.0 Å². The molecule has 2 aromatic carbocycles. The van der Waals surface area contributed by atoms with E-state index in [9.17, 15) is 13.2 Å². The minimum Gasteiger partial charge on any atom is -0.350 e. The highest BCUT2D eigenvalue weighted by Crippen LogP contribution is 2.30. The van der Waals surface area contributed by atoms with Crippen LogP contribution < -0.4 is 5.32 Å². The number of anilines is 2. The van der Waals surface area contributed by atoms with Gasteiger partial charge in [-0.2, -0.15) is 0 Å². The first-order chi connectivity index (χ1) is 9.43. The highest BCUT2D eigenvalue weighted by atomic mass is 19.2. The summed E-state index contributed by atoms with van der Waals surface area (Å²) in [6.07, 6.45) is 0.577. The van der Waals surface area contributed by atoms with Crippen LogP contribution in [0.2, 0.25) is 0 Å². The van der Waals surface area contributed by atoms with Crippen LogP contribution in [0.1, 0.15) is 23.6 Å². The van der Waals surface area contributed by atoms with Crippen LogP contribution in [-0.4, -0.2) is 0 Å². The van der Waals surface area contributed by atoms with Crippen molar-refractivity contribution in [3.8, 4) is 0 Å². The lowest BCUT2D eigenvalue weighted by Gasteiger charge is -2.15. The first-order valence-electron chi connectivity index (χ1n) is 6.44. The summed E-state index contributed by atoms with van der Waals surface area (Å²) in [6.45, 7) is 5.31. The molecule has 2 aromatic rings. The maximum absolute atomic E-state index is 13.9. The number of hydrogen-bond acceptors (Lipinski definition) is 1. The Hall–Kier alpha value is -1.97. The molecule has 4 heteroatoms. The van der Waals surface area contributed by atoms with E-state index in [2.05, 4.69) is 5.32 Å². The van der Waals surface area contributed by atoms with Crippen molar-refractivity contribution in [3.63, 3.8) is 0 Å². The van der Waals surface area contributed by atoms with Crippen molar-refractivity contribution in [1.29, 1.82) is 0 Å². The molecule has 0 radical (unpaired) electrons. The van der Waals surface area contributed by atoms with E-state index < -0.39 is 17.5 Å². The minimum absolute atomic E-state index is 0.00963. The van der Waals surface area contributed by atoms with Crippen LogP contribution in [0.25, 0.3) is 0 Å². The van der Waals surface area contributed by atoms with Gasteiger partial charge in [0.15, 0.2) is 11.6 Å². The SMILES string of the molecule is CCc1cc(F)c(F)c(Nc2ccc(C)cc2F)c1C. The van der Waals surface area contributed by atoms with E-state index in [1.807, 2.05) is 6.92 Å². The molecule has 0 amide bonds. The van der Waals surface area contributed by atoms with Crippen LogP contribution in [0.15, 0.2) is 24.3 Å². The van der Waals surface area contributed by atoms with Gasteiger partial charge in [-0.05, 0) is 55.2 Å². The first-order valence-corrected chi connectivity index (χ1v) is 6.44. The Morgan fingerprint density at radius 2 is 1.70 bits per heavy atom. The standard InChI is InChI=1S/C16H16F3N/c1-4-11-8-13(18)15(19)16(10(11)3)20-14-6-5-9(2)7-12(14)17/h5-8,20H,4H2,1-3H3. The van der Waals surface area contributed by atoms with E-state index in [0.717, 1.165) is 5.56 Å². The van der Waals surface area contributed by atoms with Crippen molar-refractivity contribution in [2.75, 3.05) is 5.32 Å². The summed E-state index contributed by atoms with van der Waals surface area (Å²) in [4.78, 5) is 0. The molecule has 0 heterocycles. The van der Waals surface area contributed by atoms with E-state index in [1.165, 1.54) is 18.2 Å². The number of aryl methyl sites for hydroxylation is 2. The summed E-state index contributed by atoms with van der Waals surface area (Å²) in [5.41, 5.74) is 2.17. The van der Waals surface area contributed by atoms with Gasteiger partial charge in [-0.1, -0.05) is 13.0 Å². The van der Waals surface area contributed by atoms with Crippen molar-refractivity contribution in [2.45, 2.75) is 27.2 Å². The number of nitrogens with one attached hydrogen (secondary N) is 1. The maximum Gasteiger partial charge on any atom is 0.182 e. The summed E-state index contributed by atoms with van der Waals surface area (Å²) < 4.78 is 41.3. The Morgan fingerprint density at radius 3 is 2.30 bits per heavy atom. The lowest BCUT2D eigenvalue weighted by Crippen LogP contribution is -2.04. The zero-order valence-corrected chi connectivity index (χ0v) is 11.7. The second kappa shape index (κ2) is 5.57. The molecular formula is C16H16F3N. The van der Waals surface area contributed by atoms with Crippen LogP contribution >= 0.6 is 0 Å². The van der Waals surface area contributed by atoms with Crippen LogP contribution in [0.3, 0.4) is 0 Å². The molecule has 0 unspecified atom stereocenters. The van der Waals surface area contributed by atoms with E-state index in [4.69, 9.17) is 0 Å². The van der Waals surface area contributed by atoms with Gasteiger partial charge in [0.05, 0.1) is 11.4 Å². The molecule has 0 spiro atoms. The van der Waals surface area contributed by atoms with E-state index in [1.54, 1.807) is 19.9 Å². The summed E-state index contributed by atoms with van der Waals surface area (Å²) in [5.74, 6) is -2.41. The second-order valence-electron chi connectivity index (χ2n) is 4.79. The number of rotatable bonds is 3. The largest absolute Gasteiger partial charge is 0.350 e. The fourth-order valence-electron chi connectivity index (χ4n) is 2.14. The van der Waals surface area contributed by atoms with Gasteiger partial charge in [-0.3, -0.25) is 0 Å². The molecule has 0 bridgehead atoms. The van der Waals surface area contributed by atoms with Gasteiger partial charge < -0.3 is 5.32 Å². The molecule has 0 aliphatic heterocycles. The molecule has 0 aliphatic carbocycles. The average Bonchev–Trinajstić information content (AvgIpc) is 2.41. The quantitative estimate of drug-likeness (QED) is 0.831. The van der Waals surface area contributed by atoms with Crippen molar-refractivity contribution in [1.82, 2.24) is 0 Å². The van der Waals surface area contributed by atoms with Crippen molar-refractivity contribution >= 4 is 11.4 Å².